The molecule has 0 heterocycles. The monoisotopic (exact) mass is 515 g/mol. The van der Waals surface area contributed by atoms with E-state index in [0.717, 1.165) is 24.2 Å². The Morgan fingerprint density at radius 1 is 0.842 bits per heavy atom. The zero-order valence-electron chi connectivity index (χ0n) is 23.5. The molecule has 38 heavy (non-hydrogen) atoms. The Balaban J connectivity index is 1.80. The Morgan fingerprint density at radius 3 is 1.95 bits per heavy atom. The van der Waals surface area contributed by atoms with E-state index in [1.54, 1.807) is 12.1 Å². The van der Waals surface area contributed by atoms with Crippen LogP contribution in [0.3, 0.4) is 0 Å². The number of aryl methyl sites for hydroxylation is 2. The van der Waals surface area contributed by atoms with Gasteiger partial charge in [-0.25, -0.2) is 0 Å². The number of rotatable bonds is 12. The van der Waals surface area contributed by atoms with Crippen LogP contribution in [0.5, 0.6) is 5.75 Å². The van der Waals surface area contributed by atoms with E-state index in [9.17, 15) is 9.59 Å². The van der Waals surface area contributed by atoms with Gasteiger partial charge in [0.1, 0.15) is 11.9 Å². The van der Waals surface area contributed by atoms with Gasteiger partial charge in [0, 0.05) is 12.1 Å². The minimum absolute atomic E-state index is 0.101. The van der Waals surface area contributed by atoms with Crippen LogP contribution in [0.25, 0.3) is 11.1 Å². The molecule has 0 saturated carbocycles. The Bertz CT molecular complexity index is 1200. The first-order valence-electron chi connectivity index (χ1n) is 13.5. The molecule has 0 aliphatic carbocycles. The smallest absolute Gasteiger partial charge is 0.305 e. The summed E-state index contributed by atoms with van der Waals surface area (Å²) in [6.45, 7) is 13.2. The van der Waals surface area contributed by atoms with Crippen LogP contribution in [0.15, 0.2) is 60.7 Å². The number of carbonyl (C=O) groups is 2. The molecule has 1 atom stereocenters. The van der Waals surface area contributed by atoms with Gasteiger partial charge in [-0.2, -0.15) is 0 Å². The van der Waals surface area contributed by atoms with Crippen molar-refractivity contribution in [2.75, 3.05) is 6.54 Å². The summed E-state index contributed by atoms with van der Waals surface area (Å²) in [6.07, 6.45) is 1.63. The molecule has 3 aromatic rings. The fourth-order valence-electron chi connectivity index (χ4n) is 4.66. The molecular formula is C33H41NO4. The van der Waals surface area contributed by atoms with Crippen LogP contribution in [-0.2, 0) is 4.79 Å². The van der Waals surface area contributed by atoms with E-state index in [-0.39, 0.29) is 25.0 Å². The fourth-order valence-corrected chi connectivity index (χ4v) is 4.66. The van der Waals surface area contributed by atoms with Gasteiger partial charge in [0.2, 0.25) is 0 Å². The standard InChI is InChI=1S/C33H41NO4/c1-21(2)7-16-30(26-10-14-28(15-11-26)33(37)34-18-17-31(35)36)38-29-19-23(5)32(24(6)20-29)27-12-8-25(9-13-27)22(3)4/h8-15,19-22,30H,7,16-18H2,1-6H3,(H,34,37)(H,35,36). The summed E-state index contributed by atoms with van der Waals surface area (Å²) in [4.78, 5) is 23.1. The second-order valence-electron chi connectivity index (χ2n) is 10.8. The van der Waals surface area contributed by atoms with Gasteiger partial charge in [-0.05, 0) is 96.2 Å². The first-order valence-corrected chi connectivity index (χ1v) is 13.5. The maximum absolute atomic E-state index is 12.4. The molecule has 3 rings (SSSR count). The summed E-state index contributed by atoms with van der Waals surface area (Å²) < 4.78 is 6.58. The zero-order chi connectivity index (χ0) is 27.8. The van der Waals surface area contributed by atoms with E-state index in [2.05, 4.69) is 83.3 Å². The summed E-state index contributed by atoms with van der Waals surface area (Å²) in [5, 5.41) is 11.4. The van der Waals surface area contributed by atoms with E-state index in [1.807, 2.05) is 12.1 Å². The van der Waals surface area contributed by atoms with Gasteiger partial charge in [0.25, 0.3) is 5.91 Å². The normalized spacial score (nSPS) is 12.0. The van der Waals surface area contributed by atoms with Crippen molar-refractivity contribution >= 4 is 11.9 Å². The van der Waals surface area contributed by atoms with Crippen LogP contribution in [0.1, 0.15) is 91.6 Å². The Morgan fingerprint density at radius 2 is 1.42 bits per heavy atom. The van der Waals surface area contributed by atoms with Gasteiger partial charge in [-0.3, -0.25) is 9.59 Å². The van der Waals surface area contributed by atoms with Crippen molar-refractivity contribution in [3.05, 3.63) is 88.5 Å². The highest BCUT2D eigenvalue weighted by Crippen LogP contribution is 2.35. The molecule has 0 bridgehead atoms. The molecule has 0 spiro atoms. The predicted molar refractivity (Wildman–Crippen MR) is 154 cm³/mol. The van der Waals surface area contributed by atoms with Gasteiger partial charge in [0.05, 0.1) is 6.42 Å². The summed E-state index contributed by atoms with van der Waals surface area (Å²) in [5.41, 5.74) is 7.65. The summed E-state index contributed by atoms with van der Waals surface area (Å²) >= 11 is 0. The number of nitrogens with one attached hydrogen (secondary N) is 1. The SMILES string of the molecule is Cc1cc(OC(CCC(C)C)c2ccc(C(=O)NCCC(=O)O)cc2)cc(C)c1-c1ccc(C(C)C)cc1. The van der Waals surface area contributed by atoms with Gasteiger partial charge in [-0.15, -0.1) is 0 Å². The highest BCUT2D eigenvalue weighted by atomic mass is 16.5. The van der Waals surface area contributed by atoms with Gasteiger partial charge in [-0.1, -0.05) is 64.1 Å². The Hall–Kier alpha value is -3.60. The highest BCUT2D eigenvalue weighted by Gasteiger charge is 2.17. The first-order chi connectivity index (χ1) is 18.0. The number of carboxylic acid groups (broad SMARTS) is 1. The second kappa shape index (κ2) is 13.3. The third kappa shape index (κ3) is 7.95. The van der Waals surface area contributed by atoms with Crippen LogP contribution >= 0.6 is 0 Å². The molecule has 0 fully saturated rings. The van der Waals surface area contributed by atoms with Gasteiger partial charge >= 0.3 is 5.97 Å². The maximum Gasteiger partial charge on any atom is 0.305 e. The molecule has 0 aliphatic heterocycles. The maximum atomic E-state index is 12.4. The molecule has 1 unspecified atom stereocenters. The lowest BCUT2D eigenvalue weighted by Gasteiger charge is -2.22. The van der Waals surface area contributed by atoms with Gasteiger partial charge in [0.15, 0.2) is 0 Å². The summed E-state index contributed by atoms with van der Waals surface area (Å²) in [5.74, 6) is 0.672. The number of amides is 1. The third-order valence-electron chi connectivity index (χ3n) is 6.83. The average molecular weight is 516 g/mol. The zero-order valence-corrected chi connectivity index (χ0v) is 23.5. The molecule has 0 aliphatic rings. The number of aliphatic carboxylic acids is 1. The Labute approximate surface area is 227 Å². The van der Waals surface area contributed by atoms with E-state index in [0.29, 0.717) is 17.4 Å². The van der Waals surface area contributed by atoms with Crippen molar-refractivity contribution in [2.24, 2.45) is 5.92 Å². The van der Waals surface area contributed by atoms with Crippen molar-refractivity contribution in [1.29, 1.82) is 0 Å². The van der Waals surface area contributed by atoms with E-state index < -0.39 is 5.97 Å². The van der Waals surface area contributed by atoms with Crippen LogP contribution in [-0.4, -0.2) is 23.5 Å². The molecule has 0 aromatic heterocycles. The van der Waals surface area contributed by atoms with Crippen LogP contribution < -0.4 is 10.1 Å². The summed E-state index contributed by atoms with van der Waals surface area (Å²) in [6, 6.07) is 20.5. The number of hydrogen-bond acceptors (Lipinski definition) is 3. The molecule has 3 aromatic carbocycles. The van der Waals surface area contributed by atoms with Crippen LogP contribution in [0.4, 0.5) is 0 Å². The minimum atomic E-state index is -0.937. The summed E-state index contributed by atoms with van der Waals surface area (Å²) in [7, 11) is 0. The Kier molecular flexibility index (Phi) is 10.1. The van der Waals surface area contributed by atoms with Crippen LogP contribution in [0.2, 0.25) is 0 Å². The molecule has 202 valence electrons. The quantitative estimate of drug-likeness (QED) is 0.257. The minimum Gasteiger partial charge on any atom is -0.486 e. The van der Waals surface area contributed by atoms with Crippen molar-refractivity contribution in [3.8, 4) is 16.9 Å². The number of hydrogen-bond donors (Lipinski definition) is 2. The molecule has 5 nitrogen and oxygen atoms in total. The molecule has 0 saturated heterocycles. The van der Waals surface area contributed by atoms with Gasteiger partial charge < -0.3 is 15.2 Å². The first kappa shape index (κ1) is 29.0. The fraction of sp³-hybridized carbons (Fsp3) is 0.394. The number of benzene rings is 3. The second-order valence-corrected chi connectivity index (χ2v) is 10.8. The molecule has 1 amide bonds. The lowest BCUT2D eigenvalue weighted by Crippen LogP contribution is -2.26. The molecular weight excluding hydrogens is 474 g/mol. The number of carboxylic acids is 1. The van der Waals surface area contributed by atoms with E-state index in [1.165, 1.54) is 27.8 Å². The lowest BCUT2D eigenvalue weighted by molar-refractivity contribution is -0.136. The average Bonchev–Trinajstić information content (AvgIpc) is 2.86. The topological polar surface area (TPSA) is 75.6 Å². The molecule has 0 radical (unpaired) electrons. The highest BCUT2D eigenvalue weighted by molar-refractivity contribution is 5.94. The van der Waals surface area contributed by atoms with Crippen molar-refractivity contribution in [1.82, 2.24) is 5.32 Å². The third-order valence-corrected chi connectivity index (χ3v) is 6.83. The van der Waals surface area contributed by atoms with Crippen LogP contribution in [0, 0.1) is 19.8 Å². The molecule has 2 N–H and O–H groups in total. The predicted octanol–water partition coefficient (Wildman–Crippen LogP) is 7.85. The number of carbonyl (C=O) groups excluding carboxylic acids is 1. The lowest BCUT2D eigenvalue weighted by atomic mass is 9.93. The van der Waals surface area contributed by atoms with E-state index >= 15 is 0 Å². The van der Waals surface area contributed by atoms with E-state index in [4.69, 9.17) is 9.84 Å². The van der Waals surface area contributed by atoms with Crippen molar-refractivity contribution in [3.63, 3.8) is 0 Å². The van der Waals surface area contributed by atoms with Crippen molar-refractivity contribution in [2.45, 2.75) is 72.8 Å². The number of ether oxygens (including phenoxy) is 1. The molecule has 5 heteroatoms. The largest absolute Gasteiger partial charge is 0.486 e. The van der Waals surface area contributed by atoms with Crippen molar-refractivity contribution < 1.29 is 19.4 Å².